The molecule has 1 rings (SSSR count). The molecule has 0 radical (unpaired) electrons. The maximum absolute atomic E-state index is 11.4. The number of hydrogen-bond donors (Lipinski definition) is 2. The Morgan fingerprint density at radius 2 is 2.24 bits per heavy atom. The molecule has 0 unspecified atom stereocenters. The lowest BCUT2D eigenvalue weighted by Crippen LogP contribution is -2.28. The van der Waals surface area contributed by atoms with E-state index in [9.17, 15) is 4.79 Å². The van der Waals surface area contributed by atoms with Crippen LogP contribution in [0.25, 0.3) is 0 Å². The first kappa shape index (κ1) is 13.8. The average molecular weight is 257 g/mol. The molecule has 0 aliphatic rings. The van der Waals surface area contributed by atoms with Crippen LogP contribution in [0.15, 0.2) is 24.3 Å². The van der Waals surface area contributed by atoms with Gasteiger partial charge in [-0.3, -0.25) is 5.32 Å². The molecular weight excluding hydrogens is 240 g/mol. The Kier molecular flexibility index (Phi) is 5.80. The molecule has 94 valence electrons. The molecule has 17 heavy (non-hydrogen) atoms. The molecule has 0 heterocycles. The molecule has 1 amide bonds. The number of ether oxygens (including phenoxy) is 1. The van der Waals surface area contributed by atoms with Crippen LogP contribution in [0.4, 0.5) is 10.5 Å². The highest BCUT2D eigenvalue weighted by molar-refractivity contribution is 6.30. The largest absolute Gasteiger partial charge is 0.448 e. The van der Waals surface area contributed by atoms with E-state index in [0.717, 1.165) is 0 Å². The average Bonchev–Trinajstić information content (AvgIpc) is 2.24. The Hall–Kier alpha value is -1.26. The van der Waals surface area contributed by atoms with Crippen molar-refractivity contribution in [1.29, 1.82) is 0 Å². The number of carbonyl (C=O) groups excluding carboxylic acids is 1. The van der Waals surface area contributed by atoms with Gasteiger partial charge in [-0.05, 0) is 18.2 Å². The van der Waals surface area contributed by atoms with Crippen molar-refractivity contribution in [2.75, 3.05) is 18.5 Å². The number of nitrogens with one attached hydrogen (secondary N) is 2. The Balaban J connectivity index is 2.25. The lowest BCUT2D eigenvalue weighted by molar-refractivity contribution is 0.161. The first-order valence-corrected chi connectivity index (χ1v) is 5.88. The maximum atomic E-state index is 11.4. The van der Waals surface area contributed by atoms with Gasteiger partial charge in [0.2, 0.25) is 0 Å². The van der Waals surface area contributed by atoms with E-state index < -0.39 is 6.09 Å². The predicted octanol–water partition coefficient (Wildman–Crippen LogP) is 2.89. The normalized spacial score (nSPS) is 10.4. The lowest BCUT2D eigenvalue weighted by Gasteiger charge is -2.09. The second-order valence-electron chi connectivity index (χ2n) is 3.88. The molecule has 4 nitrogen and oxygen atoms in total. The highest BCUT2D eigenvalue weighted by Gasteiger charge is 2.03. The van der Waals surface area contributed by atoms with Gasteiger partial charge in [0.1, 0.15) is 6.61 Å². The van der Waals surface area contributed by atoms with Crippen LogP contribution in [0.2, 0.25) is 5.02 Å². The summed E-state index contributed by atoms with van der Waals surface area (Å²) in [7, 11) is 0. The summed E-state index contributed by atoms with van der Waals surface area (Å²) in [5, 5.41) is 6.32. The van der Waals surface area contributed by atoms with Crippen LogP contribution in [0.3, 0.4) is 0 Å². The first-order chi connectivity index (χ1) is 8.08. The molecule has 5 heteroatoms. The van der Waals surface area contributed by atoms with Gasteiger partial charge < -0.3 is 10.1 Å². The van der Waals surface area contributed by atoms with Crippen LogP contribution < -0.4 is 10.6 Å². The molecule has 2 N–H and O–H groups in total. The summed E-state index contributed by atoms with van der Waals surface area (Å²) in [6.45, 7) is 5.04. The summed E-state index contributed by atoms with van der Waals surface area (Å²) >= 11 is 5.79. The number of carbonyl (C=O) groups is 1. The van der Waals surface area contributed by atoms with Gasteiger partial charge in [0.05, 0.1) is 0 Å². The van der Waals surface area contributed by atoms with Gasteiger partial charge >= 0.3 is 6.09 Å². The van der Waals surface area contributed by atoms with E-state index in [0.29, 0.717) is 29.9 Å². The van der Waals surface area contributed by atoms with E-state index in [-0.39, 0.29) is 0 Å². The standard InChI is InChI=1S/C12H17ClN2O2/c1-9(2)14-6-7-17-12(16)15-11-5-3-4-10(13)8-11/h3-5,8-9,14H,6-7H2,1-2H3,(H,15,16). The molecule has 0 saturated heterocycles. The molecular formula is C12H17ClN2O2. The molecule has 0 saturated carbocycles. The number of hydrogen-bond acceptors (Lipinski definition) is 3. The van der Waals surface area contributed by atoms with Crippen LogP contribution in [0.5, 0.6) is 0 Å². The van der Waals surface area contributed by atoms with Crippen molar-refractivity contribution >= 4 is 23.4 Å². The van der Waals surface area contributed by atoms with Gasteiger partial charge in [0, 0.05) is 23.3 Å². The number of benzene rings is 1. The van der Waals surface area contributed by atoms with E-state index in [1.165, 1.54) is 0 Å². The molecule has 0 aromatic heterocycles. The predicted molar refractivity (Wildman–Crippen MR) is 69.6 cm³/mol. The van der Waals surface area contributed by atoms with Gasteiger partial charge in [0.25, 0.3) is 0 Å². The smallest absolute Gasteiger partial charge is 0.411 e. The molecule has 0 fully saturated rings. The third kappa shape index (κ3) is 6.14. The van der Waals surface area contributed by atoms with E-state index in [1.807, 2.05) is 13.8 Å². The number of rotatable bonds is 5. The zero-order valence-corrected chi connectivity index (χ0v) is 10.8. The molecule has 0 spiro atoms. The topological polar surface area (TPSA) is 50.4 Å². The van der Waals surface area contributed by atoms with E-state index in [1.54, 1.807) is 24.3 Å². The van der Waals surface area contributed by atoms with E-state index >= 15 is 0 Å². The fraction of sp³-hybridized carbons (Fsp3) is 0.417. The molecule has 0 aliphatic carbocycles. The SMILES string of the molecule is CC(C)NCCOC(=O)Nc1cccc(Cl)c1. The summed E-state index contributed by atoms with van der Waals surface area (Å²) < 4.78 is 4.98. The fourth-order valence-electron chi connectivity index (χ4n) is 1.21. The van der Waals surface area contributed by atoms with Crippen LogP contribution >= 0.6 is 11.6 Å². The molecule has 0 aliphatic heterocycles. The number of halogens is 1. The lowest BCUT2D eigenvalue weighted by atomic mass is 10.3. The number of anilines is 1. The monoisotopic (exact) mass is 256 g/mol. The summed E-state index contributed by atoms with van der Waals surface area (Å²) in [5.74, 6) is 0. The summed E-state index contributed by atoms with van der Waals surface area (Å²) in [6.07, 6.45) is -0.474. The van der Waals surface area contributed by atoms with Crippen LogP contribution in [0, 0.1) is 0 Å². The minimum atomic E-state index is -0.474. The second-order valence-corrected chi connectivity index (χ2v) is 4.32. The van der Waals surface area contributed by atoms with E-state index in [4.69, 9.17) is 16.3 Å². The van der Waals surface area contributed by atoms with Crippen molar-refractivity contribution in [3.05, 3.63) is 29.3 Å². The van der Waals surface area contributed by atoms with Gasteiger partial charge in [-0.2, -0.15) is 0 Å². The molecule has 0 atom stereocenters. The Bertz CT molecular complexity index is 369. The van der Waals surface area contributed by atoms with Gasteiger partial charge in [0.15, 0.2) is 0 Å². The van der Waals surface area contributed by atoms with Crippen molar-refractivity contribution in [3.63, 3.8) is 0 Å². The summed E-state index contributed by atoms with van der Waals surface area (Å²) in [5.41, 5.74) is 0.624. The fourth-order valence-corrected chi connectivity index (χ4v) is 1.40. The Labute approximate surface area is 106 Å². The first-order valence-electron chi connectivity index (χ1n) is 5.50. The van der Waals surface area contributed by atoms with Gasteiger partial charge in [-0.1, -0.05) is 31.5 Å². The van der Waals surface area contributed by atoms with Crippen molar-refractivity contribution in [1.82, 2.24) is 5.32 Å². The van der Waals surface area contributed by atoms with E-state index in [2.05, 4.69) is 10.6 Å². The van der Waals surface area contributed by atoms with Crippen molar-refractivity contribution < 1.29 is 9.53 Å². The second kappa shape index (κ2) is 7.14. The molecule has 1 aromatic carbocycles. The van der Waals surface area contributed by atoms with Crippen molar-refractivity contribution in [2.24, 2.45) is 0 Å². The van der Waals surface area contributed by atoms with Crippen LogP contribution in [0.1, 0.15) is 13.8 Å². The van der Waals surface area contributed by atoms with Gasteiger partial charge in [-0.15, -0.1) is 0 Å². The Morgan fingerprint density at radius 3 is 2.88 bits per heavy atom. The maximum Gasteiger partial charge on any atom is 0.411 e. The van der Waals surface area contributed by atoms with Gasteiger partial charge in [-0.25, -0.2) is 4.79 Å². The zero-order valence-electron chi connectivity index (χ0n) is 10.00. The third-order valence-electron chi connectivity index (χ3n) is 1.96. The van der Waals surface area contributed by atoms with Crippen LogP contribution in [-0.2, 0) is 4.74 Å². The molecule has 0 bridgehead atoms. The van der Waals surface area contributed by atoms with Crippen molar-refractivity contribution in [2.45, 2.75) is 19.9 Å². The Morgan fingerprint density at radius 1 is 1.47 bits per heavy atom. The minimum absolute atomic E-state index is 0.338. The van der Waals surface area contributed by atoms with Crippen LogP contribution in [-0.4, -0.2) is 25.3 Å². The summed E-state index contributed by atoms with van der Waals surface area (Å²) in [6, 6.07) is 7.30. The molecule has 1 aromatic rings. The third-order valence-corrected chi connectivity index (χ3v) is 2.19. The summed E-state index contributed by atoms with van der Waals surface area (Å²) in [4.78, 5) is 11.4. The number of amides is 1. The minimum Gasteiger partial charge on any atom is -0.448 e. The quantitative estimate of drug-likeness (QED) is 0.797. The highest BCUT2D eigenvalue weighted by atomic mass is 35.5. The zero-order chi connectivity index (χ0) is 12.7. The highest BCUT2D eigenvalue weighted by Crippen LogP contribution is 2.14. The van der Waals surface area contributed by atoms with Crippen molar-refractivity contribution in [3.8, 4) is 0 Å².